The van der Waals surface area contributed by atoms with Crippen LogP contribution in [-0.4, -0.2) is 50.7 Å². The number of ether oxygens (including phenoxy) is 1. The number of hydrogen-bond donors (Lipinski definition) is 1. The van der Waals surface area contributed by atoms with Gasteiger partial charge >= 0.3 is 0 Å². The maximum Gasteiger partial charge on any atom is 0.223 e. The lowest BCUT2D eigenvalue weighted by atomic mass is 9.89. The van der Waals surface area contributed by atoms with E-state index in [1.807, 2.05) is 24.3 Å². The van der Waals surface area contributed by atoms with Crippen molar-refractivity contribution in [2.75, 3.05) is 13.7 Å². The van der Waals surface area contributed by atoms with Gasteiger partial charge in [-0.05, 0) is 54.8 Å². The highest BCUT2D eigenvalue weighted by atomic mass is 19.1. The molecule has 0 radical (unpaired) electrons. The van der Waals surface area contributed by atoms with Gasteiger partial charge in [0.05, 0.1) is 31.5 Å². The molecule has 1 fully saturated rings. The zero-order valence-electron chi connectivity index (χ0n) is 19.6. The summed E-state index contributed by atoms with van der Waals surface area (Å²) in [6.45, 7) is 2.33. The van der Waals surface area contributed by atoms with Gasteiger partial charge in [-0.3, -0.25) is 4.79 Å². The number of likely N-dealkylation sites (tertiary alicyclic amines) is 1. The summed E-state index contributed by atoms with van der Waals surface area (Å²) in [4.78, 5) is 14.9. The molecule has 2 heterocycles. The fourth-order valence-corrected chi connectivity index (χ4v) is 4.53. The van der Waals surface area contributed by atoms with E-state index in [9.17, 15) is 14.3 Å². The zero-order valence-corrected chi connectivity index (χ0v) is 19.6. The predicted molar refractivity (Wildman–Crippen MR) is 127 cm³/mol. The number of halogens is 1. The minimum Gasteiger partial charge on any atom is -0.497 e. The Kier molecular flexibility index (Phi) is 7.57. The number of rotatable bonds is 8. The highest BCUT2D eigenvalue weighted by Gasteiger charge is 2.39. The van der Waals surface area contributed by atoms with E-state index < -0.39 is 6.10 Å². The quantitative estimate of drug-likeness (QED) is 0.493. The minimum atomic E-state index is -0.785. The second-order valence-corrected chi connectivity index (χ2v) is 8.75. The van der Waals surface area contributed by atoms with Crippen LogP contribution in [0.15, 0.2) is 54.7 Å². The summed E-state index contributed by atoms with van der Waals surface area (Å²) in [6.07, 6.45) is 4.84. The molecule has 0 bridgehead atoms. The number of unbranched alkanes of at least 4 members (excludes halogenated alkanes) is 2. The largest absolute Gasteiger partial charge is 0.497 e. The second kappa shape index (κ2) is 10.8. The van der Waals surface area contributed by atoms with Crippen molar-refractivity contribution >= 4 is 5.91 Å². The average molecular weight is 467 g/mol. The number of amides is 1. The Morgan fingerprint density at radius 2 is 1.88 bits per heavy atom. The monoisotopic (exact) mass is 466 g/mol. The number of benzene rings is 2. The number of aliphatic hydroxyl groups is 1. The normalized spacial score (nSPS) is 20.4. The number of aromatic nitrogens is 3. The van der Waals surface area contributed by atoms with E-state index in [-0.39, 0.29) is 30.4 Å². The highest BCUT2D eigenvalue weighted by Crippen LogP contribution is 2.38. The van der Waals surface area contributed by atoms with Crippen LogP contribution >= 0.6 is 0 Å². The predicted octanol–water partition coefficient (Wildman–Crippen LogP) is 4.55. The number of nitrogens with zero attached hydrogens (tertiary/aromatic N) is 4. The van der Waals surface area contributed by atoms with Crippen LogP contribution in [0.3, 0.4) is 0 Å². The van der Waals surface area contributed by atoms with Crippen LogP contribution < -0.4 is 4.74 Å². The Morgan fingerprint density at radius 3 is 2.56 bits per heavy atom. The molecular formula is C26H31FN4O3. The van der Waals surface area contributed by atoms with Crippen LogP contribution in [0.2, 0.25) is 0 Å². The molecule has 1 N–H and O–H groups in total. The first-order valence-corrected chi connectivity index (χ1v) is 11.8. The summed E-state index contributed by atoms with van der Waals surface area (Å²) in [5.74, 6) is 0.486. The molecular weight excluding hydrogens is 435 g/mol. The van der Waals surface area contributed by atoms with E-state index >= 15 is 0 Å². The average Bonchev–Trinajstić information content (AvgIpc) is 3.34. The van der Waals surface area contributed by atoms with E-state index in [4.69, 9.17) is 4.74 Å². The van der Waals surface area contributed by atoms with Crippen molar-refractivity contribution in [1.29, 1.82) is 0 Å². The van der Waals surface area contributed by atoms with Gasteiger partial charge in [-0.2, -0.15) is 0 Å². The minimum absolute atomic E-state index is 0.0531. The number of hydrogen-bond acceptors (Lipinski definition) is 5. The third-order valence-corrected chi connectivity index (χ3v) is 6.47. The summed E-state index contributed by atoms with van der Waals surface area (Å²) < 4.78 is 20.2. The molecule has 7 nitrogen and oxygen atoms in total. The maximum absolute atomic E-state index is 13.3. The molecule has 1 aliphatic rings. The van der Waals surface area contributed by atoms with Crippen molar-refractivity contribution in [1.82, 2.24) is 19.9 Å². The first kappa shape index (κ1) is 23.9. The van der Waals surface area contributed by atoms with Crippen molar-refractivity contribution in [3.05, 3.63) is 66.1 Å². The number of carbonyl (C=O) groups excluding carboxylic acids is 1. The zero-order chi connectivity index (χ0) is 24.1. The highest BCUT2D eigenvalue weighted by molar-refractivity contribution is 5.77. The van der Waals surface area contributed by atoms with E-state index in [2.05, 4.69) is 17.2 Å². The molecule has 1 aromatic heterocycles. The van der Waals surface area contributed by atoms with Crippen LogP contribution in [0.25, 0.3) is 11.3 Å². The van der Waals surface area contributed by atoms with Crippen LogP contribution in [0.1, 0.15) is 56.7 Å². The van der Waals surface area contributed by atoms with Gasteiger partial charge in [-0.1, -0.05) is 37.1 Å². The molecule has 1 amide bonds. The molecule has 1 aliphatic heterocycles. The second-order valence-electron chi connectivity index (χ2n) is 8.75. The van der Waals surface area contributed by atoms with Crippen molar-refractivity contribution in [3.8, 4) is 17.0 Å². The van der Waals surface area contributed by atoms with Gasteiger partial charge in [0.1, 0.15) is 17.3 Å². The fourth-order valence-electron chi connectivity index (χ4n) is 4.53. The summed E-state index contributed by atoms with van der Waals surface area (Å²) in [5, 5.41) is 19.5. The summed E-state index contributed by atoms with van der Waals surface area (Å²) >= 11 is 0. The number of carbonyl (C=O) groups is 1. The Morgan fingerprint density at radius 1 is 1.15 bits per heavy atom. The Hall–Kier alpha value is -3.26. The molecule has 3 aromatic rings. The van der Waals surface area contributed by atoms with Crippen molar-refractivity contribution < 1.29 is 19.0 Å². The first-order chi connectivity index (χ1) is 16.5. The summed E-state index contributed by atoms with van der Waals surface area (Å²) in [6, 6.07) is 13.2. The van der Waals surface area contributed by atoms with Crippen molar-refractivity contribution in [3.63, 3.8) is 0 Å². The van der Waals surface area contributed by atoms with Crippen molar-refractivity contribution in [2.24, 2.45) is 0 Å². The lowest BCUT2D eigenvalue weighted by molar-refractivity contribution is -0.140. The number of piperidine rings is 1. The topological polar surface area (TPSA) is 80.5 Å². The van der Waals surface area contributed by atoms with Crippen LogP contribution in [0, 0.1) is 5.82 Å². The van der Waals surface area contributed by atoms with Crippen molar-refractivity contribution in [2.45, 2.75) is 57.2 Å². The maximum atomic E-state index is 13.3. The van der Waals surface area contributed by atoms with Gasteiger partial charge in [-0.25, -0.2) is 9.07 Å². The summed E-state index contributed by atoms with van der Waals surface area (Å²) in [7, 11) is 1.62. The Labute approximate surface area is 199 Å². The van der Waals surface area contributed by atoms with Gasteiger partial charge < -0.3 is 14.7 Å². The third-order valence-electron chi connectivity index (χ3n) is 6.47. The molecule has 0 saturated carbocycles. The molecule has 1 saturated heterocycles. The van der Waals surface area contributed by atoms with Gasteiger partial charge in [0.25, 0.3) is 0 Å². The fraction of sp³-hybridized carbons (Fsp3) is 0.423. The van der Waals surface area contributed by atoms with E-state index in [0.29, 0.717) is 18.5 Å². The summed E-state index contributed by atoms with van der Waals surface area (Å²) in [5.41, 5.74) is 2.34. The van der Waals surface area contributed by atoms with Gasteiger partial charge in [-0.15, -0.1) is 5.10 Å². The number of aliphatic hydroxyl groups excluding tert-OH is 1. The molecule has 0 spiro atoms. The number of methoxy groups -OCH3 is 1. The first-order valence-electron chi connectivity index (χ1n) is 11.8. The molecule has 3 atom stereocenters. The van der Waals surface area contributed by atoms with Crippen LogP contribution in [-0.2, 0) is 4.79 Å². The third kappa shape index (κ3) is 5.28. The van der Waals surface area contributed by atoms with E-state index in [0.717, 1.165) is 36.1 Å². The molecule has 180 valence electrons. The van der Waals surface area contributed by atoms with E-state index in [1.165, 1.54) is 12.1 Å². The lowest BCUT2D eigenvalue weighted by Crippen LogP contribution is -2.49. The molecule has 0 unspecified atom stereocenters. The molecule has 4 rings (SSSR count). The Balaban J connectivity index is 1.59. The molecule has 8 heteroatoms. The van der Waals surface area contributed by atoms with Crippen LogP contribution in [0.5, 0.6) is 5.75 Å². The molecule has 34 heavy (non-hydrogen) atoms. The SMILES string of the molecule is CCCCCC(=O)N1C[C@@H](O)[C@H](n2cc(-c3ccc(F)cc3)nn2)C[C@H]1c1ccc(OC)cc1. The molecule has 0 aliphatic carbocycles. The smallest absolute Gasteiger partial charge is 0.223 e. The standard InChI is InChI=1S/C26H31FN4O3/c1-3-4-5-6-26(33)30-17-25(32)24(15-23(30)19-9-13-21(34-2)14-10-19)31-16-22(28-29-31)18-7-11-20(27)12-8-18/h7-14,16,23-25,32H,3-6,15,17H2,1-2H3/t23-,24+,25+/m0/s1. The van der Waals surface area contributed by atoms with Gasteiger partial charge in [0, 0.05) is 18.5 Å². The lowest BCUT2D eigenvalue weighted by Gasteiger charge is -2.42. The van der Waals surface area contributed by atoms with Gasteiger partial charge in [0.15, 0.2) is 0 Å². The van der Waals surface area contributed by atoms with E-state index in [1.54, 1.807) is 35.0 Å². The molecule has 2 aromatic carbocycles. The number of β-amino-alcohol motifs (C(OH)–C–C–N with tert-alkyl or cyclic N) is 1. The Bertz CT molecular complexity index is 1080. The van der Waals surface area contributed by atoms with Crippen LogP contribution in [0.4, 0.5) is 4.39 Å². The van der Waals surface area contributed by atoms with Gasteiger partial charge in [0.2, 0.25) is 5.91 Å².